The van der Waals surface area contributed by atoms with Crippen LogP contribution in [0.4, 0.5) is 21.0 Å². The summed E-state index contributed by atoms with van der Waals surface area (Å²) in [6.45, 7) is 9.46. The van der Waals surface area contributed by atoms with Crippen LogP contribution in [0, 0.1) is 10.1 Å². The molecule has 1 aromatic carbocycles. The number of benzene rings is 1. The Labute approximate surface area is 162 Å². The molecular formula is C18H24N2O8. The number of nitro groups is 1. The van der Waals surface area contributed by atoms with Crippen LogP contribution in [0.15, 0.2) is 18.2 Å². The van der Waals surface area contributed by atoms with Gasteiger partial charge in [-0.25, -0.2) is 14.4 Å². The molecule has 0 aromatic heterocycles. The highest BCUT2D eigenvalue weighted by atomic mass is 16.6. The molecule has 0 heterocycles. The van der Waals surface area contributed by atoms with Gasteiger partial charge in [-0.15, -0.1) is 0 Å². The van der Waals surface area contributed by atoms with E-state index in [9.17, 15) is 24.5 Å². The van der Waals surface area contributed by atoms with E-state index in [0.717, 1.165) is 19.2 Å². The highest BCUT2D eigenvalue weighted by Gasteiger charge is 2.37. The standard InChI is InChI=1S/C18H24N2O8/c1-17(2,3)27-15(22)19(16(23)28-18(4,5)6)12-9-8-11(14(21)26-7)10-13(12)20(24)25/h8-10H,1-7H3. The molecule has 0 spiro atoms. The zero-order chi connectivity index (χ0) is 21.9. The molecule has 2 amide bonds. The molecule has 0 aliphatic rings. The Balaban J connectivity index is 3.55. The number of esters is 1. The minimum absolute atomic E-state index is 0.119. The van der Waals surface area contributed by atoms with Gasteiger partial charge in [-0.1, -0.05) is 0 Å². The molecule has 10 nitrogen and oxygen atoms in total. The van der Waals surface area contributed by atoms with Crippen LogP contribution in [0.1, 0.15) is 51.9 Å². The van der Waals surface area contributed by atoms with E-state index in [0.29, 0.717) is 4.90 Å². The van der Waals surface area contributed by atoms with Crippen LogP contribution in [0.5, 0.6) is 0 Å². The van der Waals surface area contributed by atoms with Crippen molar-refractivity contribution in [2.45, 2.75) is 52.7 Å². The van der Waals surface area contributed by atoms with Crippen molar-refractivity contribution in [1.82, 2.24) is 0 Å². The van der Waals surface area contributed by atoms with Crippen molar-refractivity contribution < 1.29 is 33.5 Å². The van der Waals surface area contributed by atoms with E-state index in [1.807, 2.05) is 0 Å². The first-order valence-electron chi connectivity index (χ1n) is 8.29. The molecule has 10 heteroatoms. The minimum Gasteiger partial charge on any atom is -0.465 e. The summed E-state index contributed by atoms with van der Waals surface area (Å²) in [7, 11) is 1.12. The van der Waals surface area contributed by atoms with Crippen molar-refractivity contribution in [3.63, 3.8) is 0 Å². The summed E-state index contributed by atoms with van der Waals surface area (Å²) in [5.41, 5.74) is -3.14. The number of imide groups is 1. The predicted molar refractivity (Wildman–Crippen MR) is 99.4 cm³/mol. The second-order valence-corrected chi connectivity index (χ2v) is 7.75. The Morgan fingerprint density at radius 2 is 1.43 bits per heavy atom. The zero-order valence-electron chi connectivity index (χ0n) is 16.9. The summed E-state index contributed by atoms with van der Waals surface area (Å²) in [6, 6.07) is 3.18. The fourth-order valence-corrected chi connectivity index (χ4v) is 1.99. The lowest BCUT2D eigenvalue weighted by Gasteiger charge is -2.28. The van der Waals surface area contributed by atoms with Crippen LogP contribution in [0.25, 0.3) is 0 Å². The van der Waals surface area contributed by atoms with Crippen LogP contribution < -0.4 is 4.90 Å². The van der Waals surface area contributed by atoms with Crippen molar-refractivity contribution in [3.8, 4) is 0 Å². The number of rotatable bonds is 3. The lowest BCUT2D eigenvalue weighted by atomic mass is 10.1. The van der Waals surface area contributed by atoms with Gasteiger partial charge in [0.2, 0.25) is 0 Å². The molecule has 0 radical (unpaired) electrons. The number of nitro benzene ring substituents is 1. The van der Waals surface area contributed by atoms with Crippen LogP contribution in [0.3, 0.4) is 0 Å². The van der Waals surface area contributed by atoms with Gasteiger partial charge in [0, 0.05) is 6.07 Å². The third kappa shape index (κ3) is 6.22. The van der Waals surface area contributed by atoms with Crippen LogP contribution in [-0.4, -0.2) is 41.4 Å². The predicted octanol–water partition coefficient (Wildman–Crippen LogP) is 4.06. The number of amides is 2. The Hall–Kier alpha value is -3.17. The highest BCUT2D eigenvalue weighted by molar-refractivity contribution is 6.11. The van der Waals surface area contributed by atoms with E-state index >= 15 is 0 Å². The first kappa shape index (κ1) is 22.9. The number of carbonyl (C=O) groups excluding carboxylic acids is 3. The summed E-state index contributed by atoms with van der Waals surface area (Å²) in [5, 5.41) is 11.5. The SMILES string of the molecule is COC(=O)c1ccc(N(C(=O)OC(C)(C)C)C(=O)OC(C)(C)C)c([N+](=O)[O-])c1. The number of ether oxygens (including phenoxy) is 3. The Morgan fingerprint density at radius 1 is 0.964 bits per heavy atom. The first-order valence-corrected chi connectivity index (χ1v) is 8.29. The van der Waals surface area contributed by atoms with Crippen molar-refractivity contribution in [3.05, 3.63) is 33.9 Å². The normalized spacial score (nSPS) is 11.4. The molecule has 0 atom stereocenters. The number of methoxy groups -OCH3 is 1. The van der Waals surface area contributed by atoms with E-state index in [1.165, 1.54) is 6.07 Å². The number of hydrogen-bond acceptors (Lipinski definition) is 8. The molecule has 0 aliphatic heterocycles. The Morgan fingerprint density at radius 3 is 1.79 bits per heavy atom. The molecule has 154 valence electrons. The fourth-order valence-electron chi connectivity index (χ4n) is 1.99. The number of nitrogens with zero attached hydrogens (tertiary/aromatic N) is 2. The molecule has 0 aliphatic carbocycles. The lowest BCUT2D eigenvalue weighted by Crippen LogP contribution is -2.44. The van der Waals surface area contributed by atoms with Gasteiger partial charge in [0.1, 0.15) is 16.9 Å². The van der Waals surface area contributed by atoms with Gasteiger partial charge in [0.25, 0.3) is 5.69 Å². The smallest absolute Gasteiger partial charge is 0.424 e. The molecule has 0 unspecified atom stereocenters. The molecule has 0 fully saturated rings. The number of carbonyl (C=O) groups is 3. The average molecular weight is 396 g/mol. The van der Waals surface area contributed by atoms with E-state index in [1.54, 1.807) is 41.5 Å². The second kappa shape index (κ2) is 8.24. The van der Waals surface area contributed by atoms with Crippen molar-refractivity contribution in [2.75, 3.05) is 12.0 Å². The molecule has 0 saturated carbocycles. The third-order valence-corrected chi connectivity index (χ3v) is 2.99. The van der Waals surface area contributed by atoms with E-state index < -0.39 is 45.7 Å². The minimum atomic E-state index is -1.16. The molecule has 0 bridgehead atoms. The van der Waals surface area contributed by atoms with Gasteiger partial charge in [-0.2, -0.15) is 4.90 Å². The molecule has 28 heavy (non-hydrogen) atoms. The maximum Gasteiger partial charge on any atom is 0.424 e. The third-order valence-electron chi connectivity index (χ3n) is 2.99. The van der Waals surface area contributed by atoms with Crippen molar-refractivity contribution >= 4 is 29.5 Å². The number of hydrogen-bond donors (Lipinski definition) is 0. The summed E-state index contributed by atoms with van der Waals surface area (Å²) < 4.78 is 14.9. The van der Waals surface area contributed by atoms with Crippen molar-refractivity contribution in [1.29, 1.82) is 0 Å². The summed E-state index contributed by atoms with van der Waals surface area (Å²) in [6.07, 6.45) is -2.31. The first-order chi connectivity index (χ1) is 12.7. The van der Waals surface area contributed by atoms with E-state index in [2.05, 4.69) is 4.74 Å². The average Bonchev–Trinajstić information content (AvgIpc) is 2.50. The van der Waals surface area contributed by atoms with Crippen LogP contribution in [0.2, 0.25) is 0 Å². The lowest BCUT2D eigenvalue weighted by molar-refractivity contribution is -0.384. The summed E-state index contributed by atoms with van der Waals surface area (Å²) >= 11 is 0. The van der Waals surface area contributed by atoms with Gasteiger partial charge >= 0.3 is 18.2 Å². The summed E-state index contributed by atoms with van der Waals surface area (Å²) in [5.74, 6) is -0.810. The van der Waals surface area contributed by atoms with Gasteiger partial charge in [-0.05, 0) is 53.7 Å². The van der Waals surface area contributed by atoms with Gasteiger partial charge in [-0.3, -0.25) is 10.1 Å². The maximum atomic E-state index is 12.6. The Kier molecular flexibility index (Phi) is 6.73. The number of anilines is 1. The van der Waals surface area contributed by atoms with Crippen LogP contribution in [-0.2, 0) is 14.2 Å². The highest BCUT2D eigenvalue weighted by Crippen LogP contribution is 2.32. The van der Waals surface area contributed by atoms with Gasteiger partial charge in [0.15, 0.2) is 0 Å². The molecule has 0 saturated heterocycles. The molecular weight excluding hydrogens is 372 g/mol. The summed E-state index contributed by atoms with van der Waals surface area (Å²) in [4.78, 5) is 48.0. The largest absolute Gasteiger partial charge is 0.465 e. The fraction of sp³-hybridized carbons (Fsp3) is 0.500. The monoisotopic (exact) mass is 396 g/mol. The Bertz CT molecular complexity index is 762. The van der Waals surface area contributed by atoms with Crippen LogP contribution >= 0.6 is 0 Å². The quantitative estimate of drug-likeness (QED) is 0.324. The molecule has 0 N–H and O–H groups in total. The second-order valence-electron chi connectivity index (χ2n) is 7.75. The van der Waals surface area contributed by atoms with Crippen molar-refractivity contribution in [2.24, 2.45) is 0 Å². The zero-order valence-corrected chi connectivity index (χ0v) is 16.9. The molecule has 1 aromatic rings. The maximum absolute atomic E-state index is 12.6. The van der Waals surface area contributed by atoms with E-state index in [4.69, 9.17) is 9.47 Å². The topological polar surface area (TPSA) is 125 Å². The van der Waals surface area contributed by atoms with Gasteiger partial charge < -0.3 is 14.2 Å². The van der Waals surface area contributed by atoms with E-state index in [-0.39, 0.29) is 5.56 Å². The van der Waals surface area contributed by atoms with Gasteiger partial charge in [0.05, 0.1) is 17.6 Å². The molecule has 1 rings (SSSR count).